The lowest BCUT2D eigenvalue weighted by molar-refractivity contribution is 0.0234. The first kappa shape index (κ1) is 12.9. The molecule has 0 bridgehead atoms. The summed E-state index contributed by atoms with van der Waals surface area (Å²) in [6.45, 7) is 0. The van der Waals surface area contributed by atoms with E-state index in [0.29, 0.717) is 18.5 Å². The normalized spacial score (nSPS) is 23.1. The third-order valence-corrected chi connectivity index (χ3v) is 3.74. The van der Waals surface area contributed by atoms with Gasteiger partial charge in [0.2, 0.25) is 0 Å². The molecule has 7 nitrogen and oxygen atoms in total. The molecule has 106 valence electrons. The van der Waals surface area contributed by atoms with E-state index in [-0.39, 0.29) is 24.0 Å². The Labute approximate surface area is 116 Å². The van der Waals surface area contributed by atoms with Gasteiger partial charge in [-0.15, -0.1) is 0 Å². The first-order valence-electron chi connectivity index (χ1n) is 6.60. The smallest absolute Gasteiger partial charge is 0.269 e. The maximum atomic E-state index is 12.2. The average molecular weight is 275 g/mol. The third-order valence-electron chi connectivity index (χ3n) is 3.74. The monoisotopic (exact) mass is 275 g/mol. The van der Waals surface area contributed by atoms with Gasteiger partial charge in [-0.05, 0) is 24.8 Å². The van der Waals surface area contributed by atoms with E-state index >= 15 is 0 Å². The Morgan fingerprint density at radius 3 is 2.95 bits per heavy atom. The fourth-order valence-corrected chi connectivity index (χ4v) is 2.58. The molecule has 0 radical (unpaired) electrons. The quantitative estimate of drug-likeness (QED) is 0.752. The number of nitrogens with zero attached hydrogens (tertiary/aromatic N) is 3. The van der Waals surface area contributed by atoms with E-state index in [2.05, 4.69) is 20.6 Å². The van der Waals surface area contributed by atoms with Crippen molar-refractivity contribution in [2.45, 2.75) is 25.0 Å². The van der Waals surface area contributed by atoms with Crippen molar-refractivity contribution in [3.8, 4) is 0 Å². The van der Waals surface area contributed by atoms with E-state index in [1.807, 2.05) is 13.2 Å². The van der Waals surface area contributed by atoms with Crippen molar-refractivity contribution in [3.05, 3.63) is 35.9 Å². The van der Waals surface area contributed by atoms with E-state index in [4.69, 9.17) is 0 Å². The number of aryl methyl sites for hydroxylation is 1. The summed E-state index contributed by atoms with van der Waals surface area (Å²) in [5, 5.41) is 23.1. The number of hydrogen-bond acceptors (Lipinski definition) is 4. The van der Waals surface area contributed by atoms with Gasteiger partial charge in [0.1, 0.15) is 5.69 Å². The second-order valence-corrected chi connectivity index (χ2v) is 5.25. The van der Waals surface area contributed by atoms with Gasteiger partial charge in [-0.25, -0.2) is 0 Å². The number of H-pyrrole nitrogens is 1. The van der Waals surface area contributed by atoms with Crippen molar-refractivity contribution in [1.29, 1.82) is 0 Å². The summed E-state index contributed by atoms with van der Waals surface area (Å²) >= 11 is 0. The Balaban J connectivity index is 1.77. The van der Waals surface area contributed by atoms with Gasteiger partial charge in [0, 0.05) is 25.0 Å². The molecule has 0 spiro atoms. The Morgan fingerprint density at radius 2 is 2.40 bits per heavy atom. The number of aromatic amines is 1. The van der Waals surface area contributed by atoms with Crippen LogP contribution in [0.1, 0.15) is 34.9 Å². The van der Waals surface area contributed by atoms with Gasteiger partial charge in [-0.1, -0.05) is 0 Å². The summed E-state index contributed by atoms with van der Waals surface area (Å²) in [6, 6.07) is 1.49. The number of amides is 1. The summed E-state index contributed by atoms with van der Waals surface area (Å²) in [5.41, 5.74) is 1.39. The lowest BCUT2D eigenvalue weighted by Gasteiger charge is -2.37. The van der Waals surface area contributed by atoms with Gasteiger partial charge >= 0.3 is 0 Å². The molecule has 1 amide bonds. The highest BCUT2D eigenvalue weighted by atomic mass is 16.3. The number of carbonyl (C=O) groups excluding carboxylic acids is 1. The van der Waals surface area contributed by atoms with E-state index in [1.165, 1.54) is 0 Å². The van der Waals surface area contributed by atoms with Crippen LogP contribution in [0, 0.1) is 5.92 Å². The zero-order valence-corrected chi connectivity index (χ0v) is 11.2. The average Bonchev–Trinajstić information content (AvgIpc) is 3.03. The highest BCUT2D eigenvalue weighted by Gasteiger charge is 2.36. The lowest BCUT2D eigenvalue weighted by Crippen LogP contribution is -2.41. The molecular weight excluding hydrogens is 258 g/mol. The first-order valence-corrected chi connectivity index (χ1v) is 6.60. The van der Waals surface area contributed by atoms with Crippen LogP contribution in [0.4, 0.5) is 0 Å². The number of nitrogens with one attached hydrogen (secondary N) is 2. The first-order chi connectivity index (χ1) is 9.63. The molecule has 2 aromatic heterocycles. The fourth-order valence-electron chi connectivity index (χ4n) is 2.58. The minimum Gasteiger partial charge on any atom is -0.393 e. The zero-order chi connectivity index (χ0) is 14.1. The van der Waals surface area contributed by atoms with Crippen molar-refractivity contribution in [3.63, 3.8) is 0 Å². The number of hydrogen-bond donors (Lipinski definition) is 3. The highest BCUT2D eigenvalue weighted by Crippen LogP contribution is 2.38. The molecule has 0 aromatic carbocycles. The number of aliphatic hydroxyl groups is 1. The standard InChI is InChI=1S/C13H17N5O2/c1-18-7-9(6-15-18)12(8-4-10(19)5-8)16-13(20)11-2-3-14-17-11/h2-3,6-8,10,12,19H,4-5H2,1H3,(H,14,17)(H,16,20)/t8?,10?,12-/m1/s1. The van der Waals surface area contributed by atoms with Gasteiger partial charge in [-0.3, -0.25) is 14.6 Å². The summed E-state index contributed by atoms with van der Waals surface area (Å²) in [4.78, 5) is 12.2. The summed E-state index contributed by atoms with van der Waals surface area (Å²) in [7, 11) is 1.84. The van der Waals surface area contributed by atoms with Crippen molar-refractivity contribution < 1.29 is 9.90 Å². The zero-order valence-electron chi connectivity index (χ0n) is 11.2. The second kappa shape index (κ2) is 5.09. The lowest BCUT2D eigenvalue weighted by atomic mass is 9.75. The van der Waals surface area contributed by atoms with Crippen molar-refractivity contribution >= 4 is 5.91 Å². The van der Waals surface area contributed by atoms with Crippen LogP contribution in [-0.2, 0) is 7.05 Å². The van der Waals surface area contributed by atoms with Crippen molar-refractivity contribution in [2.75, 3.05) is 0 Å². The van der Waals surface area contributed by atoms with Crippen LogP contribution in [0.2, 0.25) is 0 Å². The molecule has 0 saturated heterocycles. The predicted octanol–water partition coefficient (Wildman–Crippen LogP) is 0.385. The van der Waals surface area contributed by atoms with E-state index in [9.17, 15) is 9.90 Å². The number of aromatic nitrogens is 4. The Morgan fingerprint density at radius 1 is 1.60 bits per heavy atom. The van der Waals surface area contributed by atoms with Crippen LogP contribution in [0.25, 0.3) is 0 Å². The number of carbonyl (C=O) groups is 1. The third kappa shape index (κ3) is 2.44. The highest BCUT2D eigenvalue weighted by molar-refractivity contribution is 5.92. The van der Waals surface area contributed by atoms with Crippen LogP contribution in [0.3, 0.4) is 0 Å². The van der Waals surface area contributed by atoms with Gasteiger partial charge < -0.3 is 10.4 Å². The molecule has 0 aliphatic heterocycles. The molecule has 3 rings (SSSR count). The Kier molecular flexibility index (Phi) is 3.27. The SMILES string of the molecule is Cn1cc([C@H](NC(=O)c2ccn[nH]2)C2CC(O)C2)cn1. The number of rotatable bonds is 4. The van der Waals surface area contributed by atoms with Crippen molar-refractivity contribution in [2.24, 2.45) is 13.0 Å². The minimum atomic E-state index is -0.261. The van der Waals surface area contributed by atoms with Crippen LogP contribution in [-0.4, -0.2) is 37.1 Å². The van der Waals surface area contributed by atoms with E-state index in [0.717, 1.165) is 5.56 Å². The molecule has 2 heterocycles. The maximum Gasteiger partial charge on any atom is 0.269 e. The molecule has 2 aromatic rings. The topological polar surface area (TPSA) is 95.8 Å². The largest absolute Gasteiger partial charge is 0.393 e. The summed E-state index contributed by atoms with van der Waals surface area (Å²) in [5.74, 6) is 0.0406. The fraction of sp³-hybridized carbons (Fsp3) is 0.462. The minimum absolute atomic E-state index is 0.136. The molecular formula is C13H17N5O2. The predicted molar refractivity (Wildman–Crippen MR) is 70.7 cm³/mol. The molecule has 20 heavy (non-hydrogen) atoms. The number of aliphatic hydroxyl groups excluding tert-OH is 1. The Hall–Kier alpha value is -2.15. The van der Waals surface area contributed by atoms with E-state index in [1.54, 1.807) is 23.1 Å². The van der Waals surface area contributed by atoms with Gasteiger partial charge in [0.25, 0.3) is 5.91 Å². The van der Waals surface area contributed by atoms with Crippen LogP contribution in [0.15, 0.2) is 24.7 Å². The molecule has 0 unspecified atom stereocenters. The van der Waals surface area contributed by atoms with Crippen LogP contribution >= 0.6 is 0 Å². The molecule has 1 aliphatic rings. The maximum absolute atomic E-state index is 12.2. The summed E-state index contributed by atoms with van der Waals surface area (Å²) in [6.07, 6.45) is 6.32. The van der Waals surface area contributed by atoms with Crippen LogP contribution < -0.4 is 5.32 Å². The van der Waals surface area contributed by atoms with Gasteiger partial charge in [-0.2, -0.15) is 10.2 Å². The van der Waals surface area contributed by atoms with Gasteiger partial charge in [0.05, 0.1) is 18.3 Å². The second-order valence-electron chi connectivity index (χ2n) is 5.25. The molecule has 1 atom stereocenters. The molecule has 1 fully saturated rings. The Bertz CT molecular complexity index is 586. The molecule has 7 heteroatoms. The van der Waals surface area contributed by atoms with Gasteiger partial charge in [0.15, 0.2) is 0 Å². The summed E-state index contributed by atoms with van der Waals surface area (Å²) < 4.78 is 1.71. The van der Waals surface area contributed by atoms with E-state index < -0.39 is 0 Å². The van der Waals surface area contributed by atoms with Crippen molar-refractivity contribution in [1.82, 2.24) is 25.3 Å². The molecule has 1 saturated carbocycles. The van der Waals surface area contributed by atoms with Crippen LogP contribution in [0.5, 0.6) is 0 Å². The molecule has 1 aliphatic carbocycles. The molecule has 3 N–H and O–H groups in total.